The Morgan fingerprint density at radius 3 is 2.38 bits per heavy atom. The molecule has 0 aliphatic carbocycles. The summed E-state index contributed by atoms with van der Waals surface area (Å²) in [5, 5.41) is 28.6. The van der Waals surface area contributed by atoms with E-state index in [9.17, 15) is 24.6 Å². The summed E-state index contributed by atoms with van der Waals surface area (Å²) >= 11 is 0. The molecule has 0 spiro atoms. The van der Waals surface area contributed by atoms with E-state index in [0.717, 1.165) is 0 Å². The maximum Gasteiger partial charge on any atom is 1.00 e. The van der Waals surface area contributed by atoms with E-state index in [1.807, 2.05) is 6.07 Å². The molecule has 184 valence electrons. The third-order valence-corrected chi connectivity index (χ3v) is 5.42. The van der Waals surface area contributed by atoms with Crippen LogP contribution in [0.25, 0.3) is 11.1 Å². The Bertz CT molecular complexity index is 1330. The smallest absolute Gasteiger partial charge is 0.871 e. The van der Waals surface area contributed by atoms with Crippen molar-refractivity contribution < 1.29 is 88.4 Å². The van der Waals surface area contributed by atoms with Gasteiger partial charge in [-0.2, -0.15) is 0 Å². The molecule has 12 heteroatoms. The van der Waals surface area contributed by atoms with Gasteiger partial charge in [0, 0.05) is 31.2 Å². The number of para-hydroxylation sites is 1. The van der Waals surface area contributed by atoms with E-state index >= 15 is 0 Å². The van der Waals surface area contributed by atoms with E-state index < -0.39 is 41.5 Å². The number of ether oxygens (including phenoxy) is 2. The first kappa shape index (κ1) is 32.6. The molecule has 37 heavy (non-hydrogen) atoms. The van der Waals surface area contributed by atoms with Crippen molar-refractivity contribution >= 4 is 17.7 Å². The molecule has 0 radical (unpaired) electrons. The molecular weight excluding hydrogens is 500 g/mol. The third-order valence-electron chi connectivity index (χ3n) is 5.42. The van der Waals surface area contributed by atoms with Crippen LogP contribution in [0.5, 0.6) is 17.2 Å². The molecule has 3 rings (SSSR count). The number of hydrogen-bond donors (Lipinski definition) is 2. The number of aryl methyl sites for hydroxylation is 2. The largest absolute Gasteiger partial charge is 1.00 e. The average molecular weight is 525 g/mol. The van der Waals surface area contributed by atoms with Crippen LogP contribution in [0.15, 0.2) is 53.5 Å². The van der Waals surface area contributed by atoms with Gasteiger partial charge >= 0.3 is 65.1 Å². The first-order chi connectivity index (χ1) is 16.7. The van der Waals surface area contributed by atoms with Gasteiger partial charge in [-0.1, -0.05) is 36.1 Å². The van der Waals surface area contributed by atoms with Crippen LogP contribution < -0.4 is 95.0 Å². The summed E-state index contributed by atoms with van der Waals surface area (Å²) < 4.78 is 12.0. The number of pyridine rings is 1. The van der Waals surface area contributed by atoms with Crippen LogP contribution in [0.1, 0.15) is 23.6 Å². The second kappa shape index (κ2) is 14.5. The van der Waals surface area contributed by atoms with Crippen molar-refractivity contribution in [3.8, 4) is 28.4 Å². The van der Waals surface area contributed by atoms with Crippen LogP contribution >= 0.6 is 0 Å². The van der Waals surface area contributed by atoms with Crippen molar-refractivity contribution in [2.75, 3.05) is 19.5 Å². The predicted octanol–water partition coefficient (Wildman–Crippen LogP) is -4.54. The predicted molar refractivity (Wildman–Crippen MR) is 125 cm³/mol. The van der Waals surface area contributed by atoms with Crippen LogP contribution in [0, 0.1) is 6.92 Å². The zero-order chi connectivity index (χ0) is 25.7. The van der Waals surface area contributed by atoms with Crippen molar-refractivity contribution in [2.24, 2.45) is 7.05 Å². The molecule has 3 aromatic rings. The minimum Gasteiger partial charge on any atom is -0.871 e. The van der Waals surface area contributed by atoms with E-state index in [4.69, 9.17) is 9.47 Å². The number of carbonyl (C=O) groups excluding carboxylic acids is 2. The molecule has 1 atom stereocenters. The normalized spacial score (nSPS) is 10.8. The van der Waals surface area contributed by atoms with Crippen LogP contribution in [-0.4, -0.2) is 30.8 Å². The average Bonchev–Trinajstić information content (AvgIpc) is 2.84. The SMILES string of the molecule is COc1cccc(-c2cccc([C@H](CC(=O)[O-])NC(=O)Nc3c([O-])c(C)cn(C)c3=O)c2)c1OC.[Na+].[Na+]. The minimum absolute atomic E-state index is 0. The number of carboxylic acid groups (broad SMARTS) is 1. The van der Waals surface area contributed by atoms with E-state index in [-0.39, 0.29) is 64.7 Å². The molecule has 0 aliphatic rings. The molecule has 0 bridgehead atoms. The molecule has 2 aromatic carbocycles. The zero-order valence-corrected chi connectivity index (χ0v) is 25.7. The van der Waals surface area contributed by atoms with Crippen molar-refractivity contribution in [3.63, 3.8) is 0 Å². The molecule has 2 amide bonds. The summed E-state index contributed by atoms with van der Waals surface area (Å²) in [4.78, 5) is 36.4. The number of rotatable bonds is 8. The molecule has 0 saturated heterocycles. The first-order valence-electron chi connectivity index (χ1n) is 10.6. The van der Waals surface area contributed by atoms with Crippen molar-refractivity contribution in [1.82, 2.24) is 9.88 Å². The van der Waals surface area contributed by atoms with Gasteiger partial charge < -0.3 is 39.7 Å². The Hall–Kier alpha value is -2.47. The Morgan fingerprint density at radius 2 is 1.76 bits per heavy atom. The summed E-state index contributed by atoms with van der Waals surface area (Å²) in [6.45, 7) is 1.52. The topological polar surface area (TPSA) is 145 Å². The number of amides is 2. The number of aromatic nitrogens is 1. The number of urea groups is 1. The molecule has 10 nitrogen and oxygen atoms in total. The standard InChI is InChI=1S/C25H27N3O7.2Na/c1-14-13-28(2)24(32)21(22(14)31)27-25(33)26-18(12-20(29)30)16-8-5-7-15(11-16)17-9-6-10-19(34-3)23(17)35-4;;/h5-11,13,18,31H,12H2,1-4H3,(H,29,30)(H2,26,27,33);;/q;2*+1/p-2/t18-;;/m0../s1. The molecule has 1 aromatic heterocycles. The van der Waals surface area contributed by atoms with E-state index in [1.54, 1.807) is 36.4 Å². The summed E-state index contributed by atoms with van der Waals surface area (Å²) in [6.07, 6.45) is 0.827. The fourth-order valence-corrected chi connectivity index (χ4v) is 3.75. The first-order valence-corrected chi connectivity index (χ1v) is 10.6. The molecule has 0 aliphatic heterocycles. The van der Waals surface area contributed by atoms with Gasteiger partial charge in [0.2, 0.25) is 0 Å². The van der Waals surface area contributed by atoms with E-state index in [1.165, 1.54) is 39.0 Å². The fourth-order valence-electron chi connectivity index (χ4n) is 3.75. The monoisotopic (exact) mass is 525 g/mol. The fraction of sp³-hybridized carbons (Fsp3) is 0.240. The Kier molecular flexibility index (Phi) is 12.7. The third kappa shape index (κ3) is 7.76. The van der Waals surface area contributed by atoms with Crippen molar-refractivity contribution in [2.45, 2.75) is 19.4 Å². The van der Waals surface area contributed by atoms with Crippen LogP contribution in [0.4, 0.5) is 10.5 Å². The Morgan fingerprint density at radius 1 is 1.08 bits per heavy atom. The van der Waals surface area contributed by atoms with Gasteiger partial charge in [-0.25, -0.2) is 4.79 Å². The quantitative estimate of drug-likeness (QED) is 0.282. The van der Waals surface area contributed by atoms with Gasteiger partial charge in [-0.15, -0.1) is 0 Å². The summed E-state index contributed by atoms with van der Waals surface area (Å²) in [6, 6.07) is 10.3. The van der Waals surface area contributed by atoms with E-state index in [0.29, 0.717) is 28.2 Å². The summed E-state index contributed by atoms with van der Waals surface area (Å²) in [7, 11) is 4.48. The van der Waals surface area contributed by atoms with Gasteiger partial charge in [0.1, 0.15) is 5.69 Å². The van der Waals surface area contributed by atoms with Crippen molar-refractivity contribution in [1.29, 1.82) is 0 Å². The van der Waals surface area contributed by atoms with Gasteiger partial charge in [0.05, 0.1) is 20.3 Å². The minimum atomic E-state index is -1.39. The molecular formula is C25H25N3Na2O7. The number of methoxy groups -OCH3 is 2. The molecule has 2 N–H and O–H groups in total. The molecule has 0 saturated carbocycles. The van der Waals surface area contributed by atoms with Crippen molar-refractivity contribution in [3.05, 3.63) is 70.1 Å². The number of nitrogens with one attached hydrogen (secondary N) is 2. The number of benzene rings is 2. The molecule has 0 fully saturated rings. The maximum atomic E-state index is 12.7. The van der Waals surface area contributed by atoms with Crippen LogP contribution in [-0.2, 0) is 11.8 Å². The maximum absolute atomic E-state index is 12.7. The number of nitrogens with zero attached hydrogens (tertiary/aromatic N) is 1. The number of aliphatic carboxylic acids is 1. The number of carbonyl (C=O) groups is 2. The molecule has 1 heterocycles. The van der Waals surface area contributed by atoms with Crippen LogP contribution in [0.3, 0.4) is 0 Å². The number of hydrogen-bond acceptors (Lipinski definition) is 7. The second-order valence-electron chi connectivity index (χ2n) is 7.83. The van der Waals surface area contributed by atoms with Gasteiger partial charge in [-0.3, -0.25) is 4.79 Å². The molecule has 0 unspecified atom stereocenters. The van der Waals surface area contributed by atoms with Crippen LogP contribution in [0.2, 0.25) is 0 Å². The zero-order valence-electron chi connectivity index (χ0n) is 21.7. The second-order valence-corrected chi connectivity index (χ2v) is 7.83. The Balaban J connectivity index is 0.00000342. The Labute approximate surface area is 258 Å². The van der Waals surface area contributed by atoms with Gasteiger partial charge in [0.25, 0.3) is 5.56 Å². The number of anilines is 1. The summed E-state index contributed by atoms with van der Waals surface area (Å²) in [5.74, 6) is -0.998. The van der Waals surface area contributed by atoms with E-state index in [2.05, 4.69) is 10.6 Å². The van der Waals surface area contributed by atoms with Gasteiger partial charge in [-0.05, 0) is 35.7 Å². The number of carboxylic acids is 1. The summed E-state index contributed by atoms with van der Waals surface area (Å²) in [5.41, 5.74) is 1.02. The van der Waals surface area contributed by atoms with Gasteiger partial charge in [0.15, 0.2) is 11.5 Å².